The molecule has 0 heterocycles. The zero-order chi connectivity index (χ0) is 17.7. The van der Waals surface area contributed by atoms with Crippen LogP contribution in [0.4, 0.5) is 0 Å². The van der Waals surface area contributed by atoms with Gasteiger partial charge in [0.2, 0.25) is 0 Å². The number of hydrogen-bond acceptors (Lipinski definition) is 1. The predicted molar refractivity (Wildman–Crippen MR) is 105 cm³/mol. The first-order valence-electron chi connectivity index (χ1n) is 8.95. The predicted octanol–water partition coefficient (Wildman–Crippen LogP) is 6.55. The number of carboxylic acids is 1. The molecule has 0 fully saturated rings. The van der Waals surface area contributed by atoms with Crippen LogP contribution in [0, 0.1) is 0 Å². The third-order valence-electron chi connectivity index (χ3n) is 3.23. The van der Waals surface area contributed by atoms with Gasteiger partial charge in [0.25, 0.3) is 0 Å². The Balaban J connectivity index is 3.42. The first-order chi connectivity index (χ1) is 11.8. The fourth-order valence-electron chi connectivity index (χ4n) is 1.97. The Morgan fingerprint density at radius 2 is 1.29 bits per heavy atom. The lowest BCUT2D eigenvalue weighted by Gasteiger charge is -1.94. The fourth-order valence-corrected chi connectivity index (χ4v) is 1.97. The molecule has 132 valence electrons. The average molecular weight is 328 g/mol. The molecule has 0 aromatic carbocycles. The largest absolute Gasteiger partial charge is 0.478 e. The molecule has 0 aliphatic heterocycles. The van der Waals surface area contributed by atoms with E-state index in [1.54, 1.807) is 6.08 Å². The standard InChI is InChI=1S/C22H32O2/c1-2-3-4-5-6-7-8-9-10-11-12-13-14-15-16-17-18-19-20-21-22(23)24/h3-4,6-7,9-10,16-21H,2,5,8,11-15H2,1H3,(H,23,24)/b4-3+,7-6-,10-9+,17-16?,19-18?,21-20-. The van der Waals surface area contributed by atoms with Crippen LogP contribution in [0.1, 0.15) is 58.3 Å². The smallest absolute Gasteiger partial charge is 0.328 e. The maximum atomic E-state index is 10.2. The molecule has 0 spiro atoms. The van der Waals surface area contributed by atoms with E-state index in [-0.39, 0.29) is 0 Å². The molecule has 0 aliphatic rings. The number of carboxylic acid groups (broad SMARTS) is 1. The van der Waals surface area contributed by atoms with E-state index in [0.29, 0.717) is 0 Å². The van der Waals surface area contributed by atoms with E-state index in [1.165, 1.54) is 25.3 Å². The zero-order valence-corrected chi connectivity index (χ0v) is 14.9. The molecule has 0 rings (SSSR count). The Kier molecular flexibility index (Phi) is 17.3. The van der Waals surface area contributed by atoms with Gasteiger partial charge in [0, 0.05) is 6.08 Å². The summed E-state index contributed by atoms with van der Waals surface area (Å²) in [7, 11) is 0. The van der Waals surface area contributed by atoms with Crippen molar-refractivity contribution in [3.63, 3.8) is 0 Å². The summed E-state index contributed by atoms with van der Waals surface area (Å²) in [4.78, 5) is 10.2. The van der Waals surface area contributed by atoms with Crippen molar-refractivity contribution < 1.29 is 9.90 Å². The van der Waals surface area contributed by atoms with Gasteiger partial charge in [-0.25, -0.2) is 4.79 Å². The quantitative estimate of drug-likeness (QED) is 0.170. The summed E-state index contributed by atoms with van der Waals surface area (Å²) in [6, 6.07) is 0. The molecule has 0 aromatic heterocycles. The minimum absolute atomic E-state index is 0.919. The summed E-state index contributed by atoms with van der Waals surface area (Å²) in [5.74, 6) is -0.919. The summed E-state index contributed by atoms with van der Waals surface area (Å²) in [6.45, 7) is 2.15. The topological polar surface area (TPSA) is 37.3 Å². The number of rotatable bonds is 14. The molecule has 0 aliphatic carbocycles. The lowest BCUT2D eigenvalue weighted by Crippen LogP contribution is -1.84. The number of carbonyl (C=O) groups is 1. The molecule has 2 heteroatoms. The monoisotopic (exact) mass is 328 g/mol. The highest BCUT2D eigenvalue weighted by molar-refractivity contribution is 5.80. The van der Waals surface area contributed by atoms with Gasteiger partial charge in [0.15, 0.2) is 0 Å². The SMILES string of the molecule is CC/C=C/C/C=C\C/C=C/CCCCCC=CC=C/C=C\C(=O)O. The Morgan fingerprint density at radius 3 is 1.96 bits per heavy atom. The van der Waals surface area contributed by atoms with E-state index in [0.717, 1.165) is 38.2 Å². The molecule has 0 aromatic rings. The van der Waals surface area contributed by atoms with Crippen molar-refractivity contribution in [3.05, 3.63) is 72.9 Å². The van der Waals surface area contributed by atoms with Crippen LogP contribution in [0.5, 0.6) is 0 Å². The lowest BCUT2D eigenvalue weighted by molar-refractivity contribution is -0.131. The molecule has 0 atom stereocenters. The molecular weight excluding hydrogens is 296 g/mol. The third-order valence-corrected chi connectivity index (χ3v) is 3.23. The van der Waals surface area contributed by atoms with E-state index >= 15 is 0 Å². The van der Waals surface area contributed by atoms with Gasteiger partial charge >= 0.3 is 5.97 Å². The van der Waals surface area contributed by atoms with Gasteiger partial charge in [-0.15, -0.1) is 0 Å². The first kappa shape index (κ1) is 21.9. The number of allylic oxidation sites excluding steroid dienone is 11. The van der Waals surface area contributed by atoms with Crippen molar-refractivity contribution in [1.82, 2.24) is 0 Å². The van der Waals surface area contributed by atoms with Crippen LogP contribution in [0.3, 0.4) is 0 Å². The van der Waals surface area contributed by atoms with E-state index in [2.05, 4.69) is 49.5 Å². The molecule has 0 saturated heterocycles. The van der Waals surface area contributed by atoms with Crippen LogP contribution in [0.2, 0.25) is 0 Å². The van der Waals surface area contributed by atoms with Crippen LogP contribution < -0.4 is 0 Å². The van der Waals surface area contributed by atoms with Crippen molar-refractivity contribution in [2.75, 3.05) is 0 Å². The normalized spacial score (nSPS) is 13.0. The zero-order valence-electron chi connectivity index (χ0n) is 14.9. The van der Waals surface area contributed by atoms with Crippen LogP contribution >= 0.6 is 0 Å². The van der Waals surface area contributed by atoms with Gasteiger partial charge in [0.1, 0.15) is 0 Å². The second-order valence-electron chi connectivity index (χ2n) is 5.44. The van der Waals surface area contributed by atoms with Crippen molar-refractivity contribution in [2.45, 2.75) is 58.3 Å². The summed E-state index contributed by atoms with van der Waals surface area (Å²) >= 11 is 0. The van der Waals surface area contributed by atoms with E-state index in [4.69, 9.17) is 5.11 Å². The first-order valence-corrected chi connectivity index (χ1v) is 8.95. The number of unbranched alkanes of at least 4 members (excludes halogenated alkanes) is 4. The molecule has 0 radical (unpaired) electrons. The van der Waals surface area contributed by atoms with Crippen LogP contribution in [0.25, 0.3) is 0 Å². The van der Waals surface area contributed by atoms with Crippen LogP contribution in [-0.2, 0) is 4.79 Å². The van der Waals surface area contributed by atoms with Crippen molar-refractivity contribution in [2.24, 2.45) is 0 Å². The third kappa shape index (κ3) is 19.9. The molecule has 0 amide bonds. The number of hydrogen-bond donors (Lipinski definition) is 1. The molecule has 0 saturated carbocycles. The maximum absolute atomic E-state index is 10.2. The van der Waals surface area contributed by atoms with Gasteiger partial charge in [-0.3, -0.25) is 0 Å². The van der Waals surface area contributed by atoms with Crippen molar-refractivity contribution in [3.8, 4) is 0 Å². The molecular formula is C22H32O2. The van der Waals surface area contributed by atoms with E-state index in [1.807, 2.05) is 12.2 Å². The Labute approximate surface area is 147 Å². The average Bonchev–Trinajstić information content (AvgIpc) is 2.56. The highest BCUT2D eigenvalue weighted by atomic mass is 16.4. The Hall–Kier alpha value is -2.09. The second kappa shape index (κ2) is 19.0. The Bertz CT molecular complexity index is 462. The molecule has 2 nitrogen and oxygen atoms in total. The van der Waals surface area contributed by atoms with Crippen LogP contribution in [-0.4, -0.2) is 11.1 Å². The van der Waals surface area contributed by atoms with Crippen molar-refractivity contribution in [1.29, 1.82) is 0 Å². The molecule has 1 N–H and O–H groups in total. The summed E-state index contributed by atoms with van der Waals surface area (Å²) in [6.07, 6.45) is 32.8. The maximum Gasteiger partial charge on any atom is 0.328 e. The molecule has 24 heavy (non-hydrogen) atoms. The number of aliphatic carboxylic acids is 1. The van der Waals surface area contributed by atoms with Gasteiger partial charge in [-0.2, -0.15) is 0 Å². The van der Waals surface area contributed by atoms with Gasteiger partial charge in [-0.05, 0) is 44.9 Å². The molecule has 0 unspecified atom stereocenters. The summed E-state index contributed by atoms with van der Waals surface area (Å²) < 4.78 is 0. The van der Waals surface area contributed by atoms with E-state index < -0.39 is 5.97 Å². The fraction of sp³-hybridized carbons (Fsp3) is 0.409. The summed E-state index contributed by atoms with van der Waals surface area (Å²) in [5.41, 5.74) is 0. The second-order valence-corrected chi connectivity index (χ2v) is 5.44. The minimum atomic E-state index is -0.919. The lowest BCUT2D eigenvalue weighted by atomic mass is 10.1. The van der Waals surface area contributed by atoms with Gasteiger partial charge in [-0.1, -0.05) is 80.2 Å². The summed E-state index contributed by atoms with van der Waals surface area (Å²) in [5, 5.41) is 8.41. The van der Waals surface area contributed by atoms with Gasteiger partial charge < -0.3 is 5.11 Å². The van der Waals surface area contributed by atoms with E-state index in [9.17, 15) is 4.79 Å². The highest BCUT2D eigenvalue weighted by Crippen LogP contribution is 2.05. The Morgan fingerprint density at radius 1 is 0.708 bits per heavy atom. The van der Waals surface area contributed by atoms with Crippen LogP contribution in [0.15, 0.2) is 72.9 Å². The minimum Gasteiger partial charge on any atom is -0.478 e. The van der Waals surface area contributed by atoms with Gasteiger partial charge in [0.05, 0.1) is 0 Å². The molecule has 0 bridgehead atoms. The highest BCUT2D eigenvalue weighted by Gasteiger charge is 1.85. The van der Waals surface area contributed by atoms with Crippen molar-refractivity contribution >= 4 is 5.97 Å².